The molecule has 0 unspecified atom stereocenters. The normalized spacial score (nSPS) is 11.7. The van der Waals surface area contributed by atoms with Crippen LogP contribution in [0.25, 0.3) is 17.0 Å². The van der Waals surface area contributed by atoms with Gasteiger partial charge in [0.15, 0.2) is 5.76 Å². The molecule has 1 aliphatic rings. The van der Waals surface area contributed by atoms with E-state index in [2.05, 4.69) is 25.1 Å². The third-order valence-electron chi connectivity index (χ3n) is 4.47. The maximum Gasteiger partial charge on any atom is 0.413 e. The number of aliphatic imine (C=N–C) groups is 1. The zero-order valence-corrected chi connectivity index (χ0v) is 16.9. The smallest absolute Gasteiger partial charge is 0.413 e. The van der Waals surface area contributed by atoms with E-state index in [0.29, 0.717) is 33.9 Å². The van der Waals surface area contributed by atoms with Crippen molar-refractivity contribution in [1.29, 1.82) is 0 Å². The first-order valence-corrected chi connectivity index (χ1v) is 9.45. The summed E-state index contributed by atoms with van der Waals surface area (Å²) >= 11 is 0. The summed E-state index contributed by atoms with van der Waals surface area (Å²) in [5.41, 5.74) is 2.45. The van der Waals surface area contributed by atoms with Gasteiger partial charge in [-0.3, -0.25) is 5.32 Å². The SMILES string of the molecule is CC.COC(=O)Nc1nc2c3c(ccn3n1)C(c1ccc(O)cc1F)=Nc1ccoc1-2. The van der Waals surface area contributed by atoms with Crippen LogP contribution in [0, 0.1) is 5.82 Å². The number of methoxy groups -OCH3 is 1. The molecule has 4 aromatic rings. The highest BCUT2D eigenvalue weighted by atomic mass is 19.1. The first kappa shape index (κ1) is 20.1. The number of phenols is 1. The summed E-state index contributed by atoms with van der Waals surface area (Å²) in [6.07, 6.45) is 2.36. The van der Waals surface area contributed by atoms with Gasteiger partial charge >= 0.3 is 6.09 Å². The molecule has 31 heavy (non-hydrogen) atoms. The number of amides is 1. The van der Waals surface area contributed by atoms with Crippen molar-refractivity contribution in [3.63, 3.8) is 0 Å². The van der Waals surface area contributed by atoms with Crippen LogP contribution in [-0.4, -0.2) is 38.6 Å². The number of phenolic OH excluding ortho intramolecular Hbond substituents is 1. The van der Waals surface area contributed by atoms with Crippen LogP contribution in [-0.2, 0) is 4.74 Å². The lowest BCUT2D eigenvalue weighted by molar-refractivity contribution is 0.186. The van der Waals surface area contributed by atoms with Gasteiger partial charge in [0.05, 0.1) is 19.1 Å². The Balaban J connectivity index is 0.00000112. The standard InChI is InChI=1S/C19H12FN5O4.C2H6/c1-28-19(27)23-18-22-15-16-11(4-6-25(16)24-18)14(21-13-5-7-29-17(13)15)10-3-2-9(26)8-12(10)20;1-2/h2-8,26H,1H3,(H,23,24,27);1-2H3. The summed E-state index contributed by atoms with van der Waals surface area (Å²) in [7, 11) is 1.23. The lowest BCUT2D eigenvalue weighted by Gasteiger charge is -2.08. The number of halogens is 1. The van der Waals surface area contributed by atoms with Crippen molar-refractivity contribution >= 4 is 29.0 Å². The summed E-state index contributed by atoms with van der Waals surface area (Å²) in [6, 6.07) is 7.20. The third kappa shape index (κ3) is 3.37. The molecule has 0 atom stereocenters. The molecule has 0 saturated carbocycles. The number of anilines is 1. The zero-order valence-electron chi connectivity index (χ0n) is 16.9. The van der Waals surface area contributed by atoms with Gasteiger partial charge in [-0.2, -0.15) is 0 Å². The van der Waals surface area contributed by atoms with Gasteiger partial charge in [-0.05, 0) is 18.2 Å². The van der Waals surface area contributed by atoms with Crippen molar-refractivity contribution in [2.24, 2.45) is 4.99 Å². The molecule has 1 aliphatic heterocycles. The van der Waals surface area contributed by atoms with E-state index in [1.165, 1.54) is 30.0 Å². The van der Waals surface area contributed by atoms with Gasteiger partial charge in [0, 0.05) is 29.5 Å². The minimum absolute atomic E-state index is 0.00288. The van der Waals surface area contributed by atoms with Crippen LogP contribution in [0.3, 0.4) is 0 Å². The number of furan rings is 1. The van der Waals surface area contributed by atoms with Crippen molar-refractivity contribution in [1.82, 2.24) is 14.6 Å². The van der Waals surface area contributed by atoms with Crippen molar-refractivity contribution in [3.8, 4) is 17.2 Å². The van der Waals surface area contributed by atoms with Gasteiger partial charge in [0.1, 0.15) is 28.5 Å². The molecule has 4 heterocycles. The maximum atomic E-state index is 14.6. The molecule has 158 valence electrons. The summed E-state index contributed by atoms with van der Waals surface area (Å²) in [5, 5.41) is 16.2. The molecule has 3 aromatic heterocycles. The highest BCUT2D eigenvalue weighted by Crippen LogP contribution is 2.39. The Morgan fingerprint density at radius 2 is 2.03 bits per heavy atom. The number of ether oxygens (including phenoxy) is 1. The zero-order chi connectivity index (χ0) is 22.1. The second kappa shape index (κ2) is 7.90. The second-order valence-electron chi connectivity index (χ2n) is 6.18. The Hall–Kier alpha value is -4.21. The van der Waals surface area contributed by atoms with Crippen LogP contribution in [0.2, 0.25) is 0 Å². The van der Waals surface area contributed by atoms with Gasteiger partial charge in [-0.15, -0.1) is 5.10 Å². The van der Waals surface area contributed by atoms with Gasteiger partial charge in [-0.25, -0.2) is 23.7 Å². The second-order valence-corrected chi connectivity index (χ2v) is 6.18. The number of hydrogen-bond acceptors (Lipinski definition) is 7. The number of aromatic nitrogens is 3. The van der Waals surface area contributed by atoms with Gasteiger partial charge < -0.3 is 14.3 Å². The lowest BCUT2D eigenvalue weighted by Crippen LogP contribution is -2.15. The number of benzene rings is 1. The molecule has 1 amide bonds. The fraction of sp³-hybridized carbons (Fsp3) is 0.143. The van der Waals surface area contributed by atoms with Crippen LogP contribution < -0.4 is 5.32 Å². The topological polar surface area (TPSA) is 114 Å². The fourth-order valence-electron chi connectivity index (χ4n) is 3.22. The molecule has 0 fully saturated rings. The molecule has 10 heteroatoms. The average Bonchev–Trinajstić information content (AvgIpc) is 3.37. The summed E-state index contributed by atoms with van der Waals surface area (Å²) in [6.45, 7) is 4.00. The van der Waals surface area contributed by atoms with Crippen molar-refractivity contribution in [3.05, 3.63) is 59.7 Å². The average molecular weight is 423 g/mol. The van der Waals surface area contributed by atoms with Crippen LogP contribution >= 0.6 is 0 Å². The van der Waals surface area contributed by atoms with Gasteiger partial charge in [-0.1, -0.05) is 13.8 Å². The molecule has 2 N–H and O–H groups in total. The van der Waals surface area contributed by atoms with E-state index in [-0.39, 0.29) is 17.3 Å². The van der Waals surface area contributed by atoms with E-state index in [1.54, 1.807) is 18.3 Å². The van der Waals surface area contributed by atoms with Crippen LogP contribution in [0.1, 0.15) is 25.0 Å². The first-order valence-electron chi connectivity index (χ1n) is 9.45. The Bertz CT molecular complexity index is 1320. The number of nitrogens with one attached hydrogen (secondary N) is 1. The summed E-state index contributed by atoms with van der Waals surface area (Å²) in [5.74, 6) is -0.460. The number of aromatic hydroxyl groups is 1. The van der Waals surface area contributed by atoms with Crippen molar-refractivity contribution < 1.29 is 23.4 Å². The van der Waals surface area contributed by atoms with E-state index in [0.717, 1.165) is 6.07 Å². The Morgan fingerprint density at radius 1 is 1.23 bits per heavy atom. The van der Waals surface area contributed by atoms with Crippen molar-refractivity contribution in [2.75, 3.05) is 12.4 Å². The highest BCUT2D eigenvalue weighted by molar-refractivity contribution is 6.20. The van der Waals surface area contributed by atoms with Crippen molar-refractivity contribution in [2.45, 2.75) is 13.8 Å². The highest BCUT2D eigenvalue weighted by Gasteiger charge is 2.27. The van der Waals surface area contributed by atoms with E-state index < -0.39 is 11.9 Å². The van der Waals surface area contributed by atoms with Crippen LogP contribution in [0.5, 0.6) is 5.75 Å². The molecule has 9 nitrogen and oxygen atoms in total. The predicted octanol–water partition coefficient (Wildman–Crippen LogP) is 4.52. The van der Waals surface area contributed by atoms with E-state index in [9.17, 15) is 14.3 Å². The molecule has 5 rings (SSSR count). The summed E-state index contributed by atoms with van der Waals surface area (Å²) in [4.78, 5) is 20.5. The number of nitrogens with zero attached hydrogens (tertiary/aromatic N) is 4. The van der Waals surface area contributed by atoms with Gasteiger partial charge in [0.25, 0.3) is 5.95 Å². The quantitative estimate of drug-likeness (QED) is 0.431. The summed E-state index contributed by atoms with van der Waals surface area (Å²) < 4.78 is 26.3. The lowest BCUT2D eigenvalue weighted by atomic mass is 10.0. The van der Waals surface area contributed by atoms with Crippen LogP contribution in [0.15, 0.2) is 52.2 Å². The molecule has 1 aromatic carbocycles. The maximum absolute atomic E-state index is 14.6. The molecule has 0 saturated heterocycles. The molecular formula is C21H18FN5O4. The number of hydrogen-bond donors (Lipinski definition) is 2. The third-order valence-corrected chi connectivity index (χ3v) is 4.47. The number of carbonyl (C=O) groups excluding carboxylic acids is 1. The Kier molecular flexibility index (Phi) is 5.12. The fourth-order valence-corrected chi connectivity index (χ4v) is 3.22. The van der Waals surface area contributed by atoms with Crippen LogP contribution in [0.4, 0.5) is 20.8 Å². The first-order chi connectivity index (χ1) is 15.0. The van der Waals surface area contributed by atoms with E-state index in [4.69, 9.17) is 4.42 Å². The minimum atomic E-state index is -0.722. The van der Waals surface area contributed by atoms with E-state index in [1.807, 2.05) is 13.8 Å². The molecule has 0 bridgehead atoms. The minimum Gasteiger partial charge on any atom is -0.508 e. The Labute approximate surface area is 175 Å². The molecule has 0 aliphatic carbocycles. The Morgan fingerprint density at radius 3 is 2.77 bits per heavy atom. The predicted molar refractivity (Wildman–Crippen MR) is 111 cm³/mol. The molecule has 0 radical (unpaired) electrons. The number of fused-ring (bicyclic) bond motifs is 2. The molecule has 0 spiro atoms. The number of rotatable bonds is 2. The van der Waals surface area contributed by atoms with E-state index >= 15 is 0 Å². The molecular weight excluding hydrogens is 405 g/mol. The monoisotopic (exact) mass is 423 g/mol. The number of carbonyl (C=O) groups is 1. The largest absolute Gasteiger partial charge is 0.508 e. The van der Waals surface area contributed by atoms with Gasteiger partial charge in [0.2, 0.25) is 0 Å².